The first-order chi connectivity index (χ1) is 13.1. The van der Waals surface area contributed by atoms with E-state index in [1.165, 1.54) is 13.3 Å². The number of rotatable bonds is 6. The van der Waals surface area contributed by atoms with Gasteiger partial charge >= 0.3 is 0 Å². The summed E-state index contributed by atoms with van der Waals surface area (Å²) in [6, 6.07) is 16.9. The molecule has 1 aliphatic heterocycles. The summed E-state index contributed by atoms with van der Waals surface area (Å²) in [5, 5.41) is 0. The van der Waals surface area contributed by atoms with E-state index in [2.05, 4.69) is 0 Å². The Labute approximate surface area is 160 Å². The third-order valence-corrected chi connectivity index (χ3v) is 4.77. The van der Waals surface area contributed by atoms with Crippen molar-refractivity contribution in [3.8, 4) is 11.5 Å². The molecule has 0 atom stereocenters. The second kappa shape index (κ2) is 9.21. The van der Waals surface area contributed by atoms with E-state index < -0.39 is 0 Å². The molecule has 3 rings (SSSR count). The molecule has 1 saturated heterocycles. The molecular weight excluding hydrogens is 340 g/mol. The van der Waals surface area contributed by atoms with Gasteiger partial charge in [-0.2, -0.15) is 0 Å². The van der Waals surface area contributed by atoms with Gasteiger partial charge in [-0.15, -0.1) is 0 Å². The first-order valence-electron chi connectivity index (χ1n) is 9.53. The van der Waals surface area contributed by atoms with Crippen LogP contribution in [0.15, 0.2) is 54.6 Å². The first-order valence-corrected chi connectivity index (χ1v) is 9.53. The SMILES string of the molecule is CC(=O)N(CCC(=O)N1CCCCC1)c1ccccc1Oc1ccccc1. The number of ether oxygens (including phenoxy) is 1. The number of nitrogens with zero attached hydrogens (tertiary/aromatic N) is 2. The van der Waals surface area contributed by atoms with Crippen molar-refractivity contribution in [1.82, 2.24) is 4.90 Å². The number of carbonyl (C=O) groups is 2. The Morgan fingerprint density at radius 2 is 1.63 bits per heavy atom. The number of carbonyl (C=O) groups excluding carboxylic acids is 2. The van der Waals surface area contributed by atoms with Crippen LogP contribution in [0.3, 0.4) is 0 Å². The Balaban J connectivity index is 1.73. The van der Waals surface area contributed by atoms with Gasteiger partial charge in [-0.25, -0.2) is 0 Å². The van der Waals surface area contributed by atoms with Gasteiger partial charge in [-0.3, -0.25) is 9.59 Å². The van der Waals surface area contributed by atoms with Crippen molar-refractivity contribution in [2.24, 2.45) is 0 Å². The van der Waals surface area contributed by atoms with E-state index in [9.17, 15) is 9.59 Å². The van der Waals surface area contributed by atoms with E-state index in [-0.39, 0.29) is 11.8 Å². The van der Waals surface area contributed by atoms with E-state index in [1.807, 2.05) is 59.5 Å². The summed E-state index contributed by atoms with van der Waals surface area (Å²) in [5.74, 6) is 1.31. The fourth-order valence-corrected chi connectivity index (χ4v) is 3.34. The maximum Gasteiger partial charge on any atom is 0.224 e. The fourth-order valence-electron chi connectivity index (χ4n) is 3.34. The molecule has 0 aromatic heterocycles. The summed E-state index contributed by atoms with van der Waals surface area (Å²) >= 11 is 0. The molecule has 1 fully saturated rings. The molecule has 0 bridgehead atoms. The Morgan fingerprint density at radius 3 is 2.33 bits per heavy atom. The van der Waals surface area contributed by atoms with Crippen LogP contribution in [0.5, 0.6) is 11.5 Å². The fraction of sp³-hybridized carbons (Fsp3) is 0.364. The molecule has 5 heteroatoms. The highest BCUT2D eigenvalue weighted by Crippen LogP contribution is 2.32. The van der Waals surface area contributed by atoms with Gasteiger partial charge in [0.25, 0.3) is 0 Å². The zero-order valence-electron chi connectivity index (χ0n) is 15.8. The van der Waals surface area contributed by atoms with Crippen LogP contribution >= 0.6 is 0 Å². The zero-order valence-corrected chi connectivity index (χ0v) is 15.8. The van der Waals surface area contributed by atoms with Gasteiger partial charge < -0.3 is 14.5 Å². The third kappa shape index (κ3) is 5.09. The minimum atomic E-state index is -0.106. The third-order valence-electron chi connectivity index (χ3n) is 4.77. The number of benzene rings is 2. The molecule has 1 heterocycles. The standard InChI is InChI=1S/C22H26N2O3/c1-18(25)24(17-14-22(26)23-15-8-3-9-16-23)20-12-6-7-13-21(20)27-19-10-4-2-5-11-19/h2,4-7,10-13H,3,8-9,14-17H2,1H3. The summed E-state index contributed by atoms with van der Waals surface area (Å²) in [6.45, 7) is 3.52. The first kappa shape index (κ1) is 19.0. The number of para-hydroxylation sites is 3. The van der Waals surface area contributed by atoms with E-state index in [1.54, 1.807) is 4.90 Å². The van der Waals surface area contributed by atoms with Crippen LogP contribution in [-0.4, -0.2) is 36.3 Å². The molecule has 5 nitrogen and oxygen atoms in total. The highest BCUT2D eigenvalue weighted by molar-refractivity contribution is 5.94. The van der Waals surface area contributed by atoms with E-state index in [0.717, 1.165) is 25.9 Å². The minimum Gasteiger partial charge on any atom is -0.455 e. The predicted molar refractivity (Wildman–Crippen MR) is 106 cm³/mol. The molecule has 2 aromatic rings. The van der Waals surface area contributed by atoms with E-state index in [0.29, 0.717) is 30.2 Å². The second-order valence-corrected chi connectivity index (χ2v) is 6.74. The van der Waals surface area contributed by atoms with Crippen LogP contribution < -0.4 is 9.64 Å². The summed E-state index contributed by atoms with van der Waals surface area (Å²) in [5.41, 5.74) is 0.681. The topological polar surface area (TPSA) is 49.9 Å². The van der Waals surface area contributed by atoms with Gasteiger partial charge in [0, 0.05) is 33.0 Å². The van der Waals surface area contributed by atoms with Crippen LogP contribution in [0, 0.1) is 0 Å². The molecule has 1 aliphatic rings. The molecule has 2 aromatic carbocycles. The van der Waals surface area contributed by atoms with Crippen molar-refractivity contribution < 1.29 is 14.3 Å². The van der Waals surface area contributed by atoms with Crippen molar-refractivity contribution in [3.63, 3.8) is 0 Å². The average molecular weight is 366 g/mol. The molecule has 0 aliphatic carbocycles. The predicted octanol–water partition coefficient (Wildman–Crippen LogP) is 4.23. The summed E-state index contributed by atoms with van der Waals surface area (Å²) in [7, 11) is 0. The number of amides is 2. The van der Waals surface area contributed by atoms with Gasteiger partial charge in [-0.1, -0.05) is 30.3 Å². The normalized spacial score (nSPS) is 13.9. The largest absolute Gasteiger partial charge is 0.455 e. The number of likely N-dealkylation sites (tertiary alicyclic amines) is 1. The summed E-state index contributed by atoms with van der Waals surface area (Å²) in [4.78, 5) is 28.3. The highest BCUT2D eigenvalue weighted by atomic mass is 16.5. The van der Waals surface area contributed by atoms with Crippen LogP contribution in [0.2, 0.25) is 0 Å². The van der Waals surface area contributed by atoms with Crippen LogP contribution in [0.25, 0.3) is 0 Å². The number of hydrogen-bond donors (Lipinski definition) is 0. The van der Waals surface area contributed by atoms with Gasteiger partial charge in [0.05, 0.1) is 5.69 Å². The van der Waals surface area contributed by atoms with Gasteiger partial charge in [-0.05, 0) is 43.5 Å². The van der Waals surface area contributed by atoms with Crippen LogP contribution in [-0.2, 0) is 9.59 Å². The summed E-state index contributed by atoms with van der Waals surface area (Å²) < 4.78 is 5.97. The maximum atomic E-state index is 12.5. The summed E-state index contributed by atoms with van der Waals surface area (Å²) in [6.07, 6.45) is 3.64. The monoisotopic (exact) mass is 366 g/mol. The smallest absolute Gasteiger partial charge is 0.224 e. The lowest BCUT2D eigenvalue weighted by Gasteiger charge is -2.28. The number of piperidine rings is 1. The molecule has 0 N–H and O–H groups in total. The zero-order chi connectivity index (χ0) is 19.1. The Bertz CT molecular complexity index is 770. The van der Waals surface area contributed by atoms with Crippen LogP contribution in [0.4, 0.5) is 5.69 Å². The molecule has 0 saturated carbocycles. The lowest BCUT2D eigenvalue weighted by atomic mass is 10.1. The number of hydrogen-bond acceptors (Lipinski definition) is 3. The quantitative estimate of drug-likeness (QED) is 0.768. The van der Waals surface area contributed by atoms with Crippen molar-refractivity contribution in [2.75, 3.05) is 24.5 Å². The molecule has 0 unspecified atom stereocenters. The van der Waals surface area contributed by atoms with Gasteiger partial charge in [0.15, 0.2) is 5.75 Å². The molecule has 27 heavy (non-hydrogen) atoms. The minimum absolute atomic E-state index is 0.106. The van der Waals surface area contributed by atoms with Crippen LogP contribution in [0.1, 0.15) is 32.6 Å². The molecule has 2 amide bonds. The molecule has 142 valence electrons. The molecule has 0 spiro atoms. The lowest BCUT2D eigenvalue weighted by Crippen LogP contribution is -2.39. The maximum absolute atomic E-state index is 12.5. The van der Waals surface area contributed by atoms with E-state index in [4.69, 9.17) is 4.74 Å². The average Bonchev–Trinajstić information content (AvgIpc) is 2.70. The van der Waals surface area contributed by atoms with Gasteiger partial charge in [0.2, 0.25) is 11.8 Å². The molecular formula is C22H26N2O3. The van der Waals surface area contributed by atoms with Crippen molar-refractivity contribution >= 4 is 17.5 Å². The van der Waals surface area contributed by atoms with Crippen molar-refractivity contribution in [1.29, 1.82) is 0 Å². The lowest BCUT2D eigenvalue weighted by molar-refractivity contribution is -0.131. The Kier molecular flexibility index (Phi) is 6.47. The van der Waals surface area contributed by atoms with Gasteiger partial charge in [0.1, 0.15) is 5.75 Å². The highest BCUT2D eigenvalue weighted by Gasteiger charge is 2.21. The van der Waals surface area contributed by atoms with E-state index >= 15 is 0 Å². The Morgan fingerprint density at radius 1 is 0.963 bits per heavy atom. The second-order valence-electron chi connectivity index (χ2n) is 6.74. The van der Waals surface area contributed by atoms with Crippen molar-refractivity contribution in [3.05, 3.63) is 54.6 Å². The Hall–Kier alpha value is -2.82. The molecule has 0 radical (unpaired) electrons. The van der Waals surface area contributed by atoms with Crippen molar-refractivity contribution in [2.45, 2.75) is 32.6 Å². The number of anilines is 1.